The number of nitrogens with zero attached hydrogens (tertiary/aromatic N) is 4. The molecule has 0 spiro atoms. The highest BCUT2D eigenvalue weighted by Gasteiger charge is 2.67. The van der Waals surface area contributed by atoms with Gasteiger partial charge in [0.25, 0.3) is 17.3 Å². The number of anilines is 1. The number of oxime groups is 1. The van der Waals surface area contributed by atoms with Crippen molar-refractivity contribution in [3.63, 3.8) is 0 Å². The van der Waals surface area contributed by atoms with Gasteiger partial charge in [0.2, 0.25) is 5.91 Å². The molecular formula is C42H40N6O8S3. The molecule has 0 bridgehead atoms. The highest BCUT2D eigenvalue weighted by Crippen LogP contribution is 2.50. The Morgan fingerprint density at radius 2 is 1.51 bits per heavy atom. The first-order valence-corrected chi connectivity index (χ1v) is 21.2. The lowest BCUT2D eigenvalue weighted by Crippen LogP contribution is -2.83. The predicted octanol–water partition coefficient (Wildman–Crippen LogP) is 6.40. The molecule has 2 fully saturated rings. The quantitative estimate of drug-likeness (QED) is 0.0296. The van der Waals surface area contributed by atoms with Gasteiger partial charge in [-0.2, -0.15) is 0 Å². The fourth-order valence-electron chi connectivity index (χ4n) is 7.03. The van der Waals surface area contributed by atoms with Crippen molar-refractivity contribution in [1.29, 1.82) is 0 Å². The zero-order chi connectivity index (χ0) is 42.0. The Balaban J connectivity index is 1.14. The van der Waals surface area contributed by atoms with Crippen LogP contribution in [0.2, 0.25) is 0 Å². The third-order valence-corrected chi connectivity index (χ3v) is 13.4. The number of esters is 1. The molecule has 0 aliphatic carbocycles. The van der Waals surface area contributed by atoms with E-state index in [-0.39, 0.29) is 22.8 Å². The molecule has 0 saturated carbocycles. The molecule has 59 heavy (non-hydrogen) atoms. The number of fused-ring (bicyclic) bond motifs is 1. The predicted molar refractivity (Wildman–Crippen MR) is 227 cm³/mol. The summed E-state index contributed by atoms with van der Waals surface area (Å²) in [5.41, 5.74) is -1.61. The van der Waals surface area contributed by atoms with Crippen LogP contribution < -0.4 is 10.6 Å². The number of hydrogen-bond acceptors (Lipinski definition) is 14. The monoisotopic (exact) mass is 852 g/mol. The van der Waals surface area contributed by atoms with Crippen LogP contribution in [0.3, 0.4) is 0 Å². The number of nitrogens with one attached hydrogen (secondary N) is 2. The summed E-state index contributed by atoms with van der Waals surface area (Å²) in [4.78, 5) is 63.9. The number of ether oxygens (including phenoxy) is 1. The summed E-state index contributed by atoms with van der Waals surface area (Å²) in [5.74, 6) is -2.27. The SMILES string of the molecule is CON=C(C(=O)NC1C(=O)N2C1CSC(Sc1ccc([N+](=O)[O-])cc1)C2(O)C(=O)OC(C)(C)C)c1csc(NC(c2ccccc2)(c2ccccc2)c2ccccc2)n1. The van der Waals surface area contributed by atoms with Crippen molar-refractivity contribution in [1.82, 2.24) is 15.2 Å². The third kappa shape index (κ3) is 8.15. The molecule has 0 radical (unpaired) electrons. The molecule has 2 aliphatic heterocycles. The van der Waals surface area contributed by atoms with E-state index in [9.17, 15) is 29.6 Å². The average Bonchev–Trinajstić information content (AvgIpc) is 3.69. The number of benzene rings is 4. The van der Waals surface area contributed by atoms with E-state index in [0.717, 1.165) is 33.4 Å². The molecule has 2 amide bonds. The van der Waals surface area contributed by atoms with Crippen LogP contribution in [0.1, 0.15) is 43.2 Å². The minimum atomic E-state index is -2.45. The topological polar surface area (TPSA) is 186 Å². The van der Waals surface area contributed by atoms with Gasteiger partial charge in [-0.05, 0) is 49.6 Å². The number of aromatic nitrogens is 1. The molecule has 1 aromatic heterocycles. The Hall–Kier alpha value is -5.75. The number of rotatable bonds is 13. The second-order valence-corrected chi connectivity index (χ2v) is 18.1. The van der Waals surface area contributed by atoms with Crippen LogP contribution >= 0.6 is 34.9 Å². The van der Waals surface area contributed by atoms with Crippen molar-refractivity contribution >= 4 is 69.2 Å². The molecule has 4 unspecified atom stereocenters. The standard InChI is InChI=1S/C42H40N6O8S3/c1-40(2,3)56-37(51)42(52)38(59-30-22-20-29(21-23-30)48(53)54)57-25-32-34(36(50)47(32)42)44-35(49)33(46-55-4)31-24-58-39(43-31)45-41(26-14-8-5-9-15-26,27-16-10-6-11-17-27)28-18-12-7-13-19-28/h5-24,32,34,38,52H,25H2,1-4H3,(H,43,45)(H,44,49). The summed E-state index contributed by atoms with van der Waals surface area (Å²) < 4.78 is 4.66. The number of non-ortho nitro benzene ring substituents is 1. The van der Waals surface area contributed by atoms with Gasteiger partial charge in [-0.1, -0.05) is 96.2 Å². The summed E-state index contributed by atoms with van der Waals surface area (Å²) in [6, 6.07) is 33.6. The lowest BCUT2D eigenvalue weighted by Gasteiger charge is -2.58. The largest absolute Gasteiger partial charge is 0.456 e. The van der Waals surface area contributed by atoms with Crippen molar-refractivity contribution in [3.05, 3.63) is 153 Å². The molecule has 3 heterocycles. The summed E-state index contributed by atoms with van der Waals surface area (Å²) >= 11 is 3.54. The van der Waals surface area contributed by atoms with Crippen LogP contribution in [-0.2, 0) is 29.5 Å². The number of thiazole rings is 1. The first-order chi connectivity index (χ1) is 28.3. The Labute approximate surface area is 352 Å². The van der Waals surface area contributed by atoms with Gasteiger partial charge in [-0.15, -0.1) is 34.9 Å². The normalized spacial score (nSPS) is 20.5. The van der Waals surface area contributed by atoms with Gasteiger partial charge in [-0.25, -0.2) is 9.78 Å². The summed E-state index contributed by atoms with van der Waals surface area (Å²) in [6.45, 7) is 4.92. The lowest BCUT2D eigenvalue weighted by atomic mass is 9.77. The van der Waals surface area contributed by atoms with E-state index < -0.39 is 56.2 Å². The van der Waals surface area contributed by atoms with Crippen LogP contribution in [0.25, 0.3) is 0 Å². The van der Waals surface area contributed by atoms with Gasteiger partial charge < -0.3 is 25.3 Å². The number of carbonyl (C=O) groups is 3. The Morgan fingerprint density at radius 1 is 0.949 bits per heavy atom. The highest BCUT2D eigenvalue weighted by atomic mass is 32.2. The van der Waals surface area contributed by atoms with Crippen molar-refractivity contribution in [2.24, 2.45) is 5.16 Å². The van der Waals surface area contributed by atoms with Crippen molar-refractivity contribution in [3.8, 4) is 0 Å². The number of carbonyl (C=O) groups excluding carboxylic acids is 3. The second-order valence-electron chi connectivity index (χ2n) is 14.6. The molecule has 2 saturated heterocycles. The fraction of sp³-hybridized carbons (Fsp3) is 0.262. The third-order valence-electron chi connectivity index (χ3n) is 9.67. The molecule has 7 rings (SSSR count). The maximum Gasteiger partial charge on any atom is 0.362 e. The summed E-state index contributed by atoms with van der Waals surface area (Å²) in [6.07, 6.45) is 0. The minimum absolute atomic E-state index is 0.120. The van der Waals surface area contributed by atoms with Gasteiger partial charge in [0.1, 0.15) is 34.6 Å². The molecule has 4 aromatic carbocycles. The number of hydrogen-bond donors (Lipinski definition) is 3. The molecule has 2 aliphatic rings. The van der Waals surface area contributed by atoms with Gasteiger partial charge in [0.05, 0.1) is 11.0 Å². The Bertz CT molecular complexity index is 2260. The van der Waals surface area contributed by atoms with Crippen LogP contribution in [0.4, 0.5) is 10.8 Å². The number of nitro benzene ring substituents is 1. The van der Waals surface area contributed by atoms with Crippen molar-refractivity contribution < 1.29 is 34.0 Å². The van der Waals surface area contributed by atoms with Gasteiger partial charge in [0.15, 0.2) is 10.8 Å². The Morgan fingerprint density at radius 3 is 2.02 bits per heavy atom. The smallest absolute Gasteiger partial charge is 0.362 e. The van der Waals surface area contributed by atoms with E-state index in [1.54, 1.807) is 26.2 Å². The molecule has 4 atom stereocenters. The average molecular weight is 853 g/mol. The molecule has 17 heteroatoms. The number of thioether (sulfide) groups is 2. The van der Waals surface area contributed by atoms with E-state index in [4.69, 9.17) is 14.6 Å². The lowest BCUT2D eigenvalue weighted by molar-refractivity contribution is -0.384. The van der Waals surface area contributed by atoms with Gasteiger partial charge >= 0.3 is 5.97 Å². The first kappa shape index (κ1) is 41.4. The zero-order valence-electron chi connectivity index (χ0n) is 32.3. The van der Waals surface area contributed by atoms with E-state index in [2.05, 4.69) is 15.8 Å². The van der Waals surface area contributed by atoms with E-state index >= 15 is 0 Å². The van der Waals surface area contributed by atoms with Crippen LogP contribution in [0, 0.1) is 10.1 Å². The molecule has 14 nitrogen and oxygen atoms in total. The molecule has 5 aromatic rings. The van der Waals surface area contributed by atoms with Crippen LogP contribution in [-0.4, -0.2) is 84.3 Å². The first-order valence-electron chi connectivity index (χ1n) is 18.4. The second kappa shape index (κ2) is 16.8. The number of nitro groups is 1. The number of amides is 2. The maximum atomic E-state index is 14.0. The van der Waals surface area contributed by atoms with E-state index in [1.165, 1.54) is 54.5 Å². The van der Waals surface area contributed by atoms with Gasteiger partial charge in [-0.3, -0.25) is 24.6 Å². The molecule has 304 valence electrons. The van der Waals surface area contributed by atoms with Gasteiger partial charge in [0, 0.05) is 28.2 Å². The van der Waals surface area contributed by atoms with Crippen LogP contribution in [0.5, 0.6) is 0 Å². The van der Waals surface area contributed by atoms with Crippen LogP contribution in [0.15, 0.2) is 131 Å². The van der Waals surface area contributed by atoms with Crippen molar-refractivity contribution in [2.45, 2.75) is 59.2 Å². The number of β-lactam (4-membered cyclic amide) rings is 1. The Kier molecular flexibility index (Phi) is 11.8. The minimum Gasteiger partial charge on any atom is -0.456 e. The molecule has 3 N–H and O–H groups in total. The zero-order valence-corrected chi connectivity index (χ0v) is 34.8. The van der Waals surface area contributed by atoms with E-state index in [1.807, 2.05) is 91.0 Å². The summed E-state index contributed by atoms with van der Waals surface area (Å²) in [5, 5.41) is 36.0. The fourth-order valence-corrected chi connectivity index (χ4v) is 10.7. The van der Waals surface area contributed by atoms with Crippen molar-refractivity contribution in [2.75, 3.05) is 18.2 Å². The number of aliphatic hydroxyl groups is 1. The molecular weight excluding hydrogens is 813 g/mol. The summed E-state index contributed by atoms with van der Waals surface area (Å²) in [7, 11) is 1.29. The highest BCUT2D eigenvalue weighted by molar-refractivity contribution is 8.17. The maximum absolute atomic E-state index is 14.0. The van der Waals surface area contributed by atoms with E-state index in [0.29, 0.717) is 10.0 Å².